The Labute approximate surface area is 108 Å². The lowest BCUT2D eigenvalue weighted by Crippen LogP contribution is -2.39. The first-order valence-corrected chi connectivity index (χ1v) is 7.74. The molecule has 0 bridgehead atoms. The molecule has 2 fully saturated rings. The van der Waals surface area contributed by atoms with E-state index in [0.717, 1.165) is 17.8 Å². The van der Waals surface area contributed by atoms with Crippen molar-refractivity contribution in [1.82, 2.24) is 0 Å². The molecule has 0 heterocycles. The first kappa shape index (κ1) is 13.2. The molecule has 2 rings (SSSR count). The lowest BCUT2D eigenvalue weighted by atomic mass is 9.55. The van der Waals surface area contributed by atoms with Gasteiger partial charge in [0.25, 0.3) is 0 Å². The molecule has 0 radical (unpaired) electrons. The molecule has 0 heteroatoms. The molecule has 2 saturated carbocycles. The van der Waals surface area contributed by atoms with Crippen LogP contribution in [0.4, 0.5) is 0 Å². The van der Waals surface area contributed by atoms with Crippen LogP contribution in [0.3, 0.4) is 0 Å². The maximum absolute atomic E-state index is 4.38. The van der Waals surface area contributed by atoms with Crippen LogP contribution in [0.25, 0.3) is 0 Å². The second-order valence-corrected chi connectivity index (χ2v) is 7.02. The highest BCUT2D eigenvalue weighted by Gasteiger charge is 2.43. The average Bonchev–Trinajstić information content (AvgIpc) is 2.29. The molecule has 0 aromatic heterocycles. The Bertz CT molecular complexity index is 278. The van der Waals surface area contributed by atoms with Crippen LogP contribution in [0, 0.1) is 23.2 Å². The van der Waals surface area contributed by atoms with Crippen molar-refractivity contribution in [3.05, 3.63) is 12.2 Å². The lowest BCUT2D eigenvalue weighted by Gasteiger charge is -2.50. The molecule has 4 atom stereocenters. The van der Waals surface area contributed by atoms with Gasteiger partial charge in [-0.15, -0.1) is 0 Å². The molecule has 2 aliphatic rings. The summed E-state index contributed by atoms with van der Waals surface area (Å²) in [6, 6.07) is 0. The van der Waals surface area contributed by atoms with E-state index in [-0.39, 0.29) is 0 Å². The zero-order chi connectivity index (χ0) is 12.5. The predicted molar refractivity (Wildman–Crippen MR) is 76.0 cm³/mol. The third kappa shape index (κ3) is 2.61. The van der Waals surface area contributed by atoms with Gasteiger partial charge >= 0.3 is 0 Å². The third-order valence-corrected chi connectivity index (χ3v) is 5.75. The quantitative estimate of drug-likeness (QED) is 0.559. The molecule has 98 valence electrons. The molecular formula is C17H30. The van der Waals surface area contributed by atoms with Crippen LogP contribution in [-0.4, -0.2) is 0 Å². The fourth-order valence-electron chi connectivity index (χ4n) is 4.45. The van der Waals surface area contributed by atoms with E-state index in [1.54, 1.807) is 5.57 Å². The van der Waals surface area contributed by atoms with Crippen LogP contribution < -0.4 is 0 Å². The van der Waals surface area contributed by atoms with Crippen LogP contribution in [0.15, 0.2) is 12.2 Å². The van der Waals surface area contributed by atoms with Gasteiger partial charge in [-0.05, 0) is 61.7 Å². The van der Waals surface area contributed by atoms with Gasteiger partial charge in [0.15, 0.2) is 0 Å². The van der Waals surface area contributed by atoms with Gasteiger partial charge in [-0.3, -0.25) is 0 Å². The maximum Gasteiger partial charge on any atom is -0.0149 e. The first-order valence-electron chi connectivity index (χ1n) is 7.74. The fraction of sp³-hybridized carbons (Fsp3) is 0.882. The minimum absolute atomic E-state index is 0.609. The van der Waals surface area contributed by atoms with E-state index in [4.69, 9.17) is 0 Å². The van der Waals surface area contributed by atoms with Gasteiger partial charge in [0.05, 0.1) is 0 Å². The van der Waals surface area contributed by atoms with Gasteiger partial charge in [-0.25, -0.2) is 0 Å². The van der Waals surface area contributed by atoms with Crippen LogP contribution in [0.2, 0.25) is 0 Å². The number of hydrogen-bond donors (Lipinski definition) is 0. The monoisotopic (exact) mass is 234 g/mol. The second kappa shape index (κ2) is 5.16. The Kier molecular flexibility index (Phi) is 4.00. The van der Waals surface area contributed by atoms with Crippen molar-refractivity contribution in [2.45, 2.75) is 72.1 Å². The van der Waals surface area contributed by atoms with Crippen LogP contribution >= 0.6 is 0 Å². The Morgan fingerprint density at radius 3 is 2.88 bits per heavy atom. The van der Waals surface area contributed by atoms with Crippen LogP contribution in [0.1, 0.15) is 72.1 Å². The van der Waals surface area contributed by atoms with Crippen molar-refractivity contribution in [2.24, 2.45) is 23.2 Å². The second-order valence-electron chi connectivity index (χ2n) is 7.02. The molecular weight excluding hydrogens is 204 g/mol. The highest BCUT2D eigenvalue weighted by molar-refractivity contribution is 5.12. The van der Waals surface area contributed by atoms with Gasteiger partial charge in [0, 0.05) is 0 Å². The Hall–Kier alpha value is -0.260. The standard InChI is InChI=1S/C17H30/c1-5-7-13(2)15-9-11-17(4)10-6-8-14(3)16(17)12-15/h13,15-16H,3,5-12H2,1-2,4H3. The van der Waals surface area contributed by atoms with E-state index < -0.39 is 0 Å². The topological polar surface area (TPSA) is 0 Å². The van der Waals surface area contributed by atoms with Gasteiger partial charge in [-0.2, -0.15) is 0 Å². The van der Waals surface area contributed by atoms with Crippen LogP contribution in [-0.2, 0) is 0 Å². The molecule has 0 spiro atoms. The Balaban J connectivity index is 2.03. The Morgan fingerprint density at radius 1 is 1.41 bits per heavy atom. The van der Waals surface area contributed by atoms with E-state index in [0.29, 0.717) is 5.41 Å². The van der Waals surface area contributed by atoms with Gasteiger partial charge in [-0.1, -0.05) is 45.8 Å². The molecule has 0 aromatic rings. The summed E-state index contributed by atoms with van der Waals surface area (Å²) in [5.41, 5.74) is 2.18. The molecule has 0 saturated heterocycles. The number of fused-ring (bicyclic) bond motifs is 1. The average molecular weight is 234 g/mol. The summed E-state index contributed by atoms with van der Waals surface area (Å²) < 4.78 is 0. The van der Waals surface area contributed by atoms with Gasteiger partial charge in [0.2, 0.25) is 0 Å². The largest absolute Gasteiger partial charge is 0.0996 e. The summed E-state index contributed by atoms with van der Waals surface area (Å²) in [7, 11) is 0. The molecule has 4 unspecified atom stereocenters. The van der Waals surface area contributed by atoms with Crippen molar-refractivity contribution >= 4 is 0 Å². The zero-order valence-corrected chi connectivity index (χ0v) is 12.1. The zero-order valence-electron chi connectivity index (χ0n) is 12.1. The molecule has 0 aliphatic heterocycles. The van der Waals surface area contributed by atoms with Crippen molar-refractivity contribution in [1.29, 1.82) is 0 Å². The molecule has 0 N–H and O–H groups in total. The van der Waals surface area contributed by atoms with E-state index in [1.807, 2.05) is 0 Å². The smallest absolute Gasteiger partial charge is 0.0149 e. The summed E-state index contributed by atoms with van der Waals surface area (Å²) in [6.45, 7) is 11.7. The number of hydrogen-bond acceptors (Lipinski definition) is 0. The van der Waals surface area contributed by atoms with Crippen LogP contribution in [0.5, 0.6) is 0 Å². The molecule has 17 heavy (non-hydrogen) atoms. The molecule has 0 amide bonds. The summed E-state index contributed by atoms with van der Waals surface area (Å²) in [5, 5.41) is 0. The summed E-state index contributed by atoms with van der Waals surface area (Å²) >= 11 is 0. The summed E-state index contributed by atoms with van der Waals surface area (Å²) in [6.07, 6.45) is 11.3. The highest BCUT2D eigenvalue weighted by Crippen LogP contribution is 2.54. The lowest BCUT2D eigenvalue weighted by molar-refractivity contribution is 0.0537. The van der Waals surface area contributed by atoms with Gasteiger partial charge in [0.1, 0.15) is 0 Å². The molecule has 0 aromatic carbocycles. The SMILES string of the molecule is C=C1CCCC2(C)CCC(C(C)CCC)CC12. The van der Waals surface area contributed by atoms with E-state index in [1.165, 1.54) is 51.4 Å². The predicted octanol–water partition coefficient (Wildman–Crippen LogP) is 5.59. The number of allylic oxidation sites excluding steroid dienone is 1. The summed E-state index contributed by atoms with van der Waals surface area (Å²) in [4.78, 5) is 0. The minimum Gasteiger partial charge on any atom is -0.0996 e. The maximum atomic E-state index is 4.38. The summed E-state index contributed by atoms with van der Waals surface area (Å²) in [5.74, 6) is 2.75. The van der Waals surface area contributed by atoms with Crippen molar-refractivity contribution in [2.75, 3.05) is 0 Å². The minimum atomic E-state index is 0.609. The third-order valence-electron chi connectivity index (χ3n) is 5.75. The Morgan fingerprint density at radius 2 is 2.18 bits per heavy atom. The van der Waals surface area contributed by atoms with Crippen molar-refractivity contribution < 1.29 is 0 Å². The first-order chi connectivity index (χ1) is 8.07. The van der Waals surface area contributed by atoms with E-state index in [2.05, 4.69) is 27.4 Å². The normalized spacial score (nSPS) is 39.8. The fourth-order valence-corrected chi connectivity index (χ4v) is 4.45. The molecule has 2 aliphatic carbocycles. The van der Waals surface area contributed by atoms with E-state index in [9.17, 15) is 0 Å². The van der Waals surface area contributed by atoms with Crippen molar-refractivity contribution in [3.63, 3.8) is 0 Å². The van der Waals surface area contributed by atoms with Gasteiger partial charge < -0.3 is 0 Å². The van der Waals surface area contributed by atoms with E-state index >= 15 is 0 Å². The number of rotatable bonds is 3. The highest BCUT2D eigenvalue weighted by atomic mass is 14.5. The molecule has 0 nitrogen and oxygen atoms in total. The van der Waals surface area contributed by atoms with Crippen molar-refractivity contribution in [3.8, 4) is 0 Å².